The van der Waals surface area contributed by atoms with E-state index < -0.39 is 29.9 Å². The topological polar surface area (TPSA) is 145 Å². The summed E-state index contributed by atoms with van der Waals surface area (Å²) in [5.74, 6) is 3.79. The molecule has 5 rings (SSSR count). The summed E-state index contributed by atoms with van der Waals surface area (Å²) >= 11 is 0. The summed E-state index contributed by atoms with van der Waals surface area (Å²) < 4.78 is 18.2. The smallest absolute Gasteiger partial charge is 0.255 e. The molecule has 1 aromatic carbocycles. The Morgan fingerprint density at radius 1 is 1.31 bits per heavy atom. The summed E-state index contributed by atoms with van der Waals surface area (Å²) in [6.45, 7) is 5.30. The third-order valence-electron chi connectivity index (χ3n) is 6.80. The summed E-state index contributed by atoms with van der Waals surface area (Å²) in [5.41, 5.74) is 13.2. The number of rotatable bonds is 5. The number of carbonyl (C=O) groups is 2. The van der Waals surface area contributed by atoms with Gasteiger partial charge in [0.1, 0.15) is 17.2 Å². The predicted molar refractivity (Wildman–Crippen MR) is 130 cm³/mol. The van der Waals surface area contributed by atoms with Crippen molar-refractivity contribution < 1.29 is 19.1 Å². The van der Waals surface area contributed by atoms with E-state index in [-0.39, 0.29) is 35.1 Å². The lowest BCUT2D eigenvalue weighted by Gasteiger charge is -2.25. The Labute approximate surface area is 206 Å². The number of aliphatic hydroxyl groups is 1. The first kappa shape index (κ1) is 23.6. The van der Waals surface area contributed by atoms with Crippen LogP contribution in [-0.4, -0.2) is 59.8 Å². The van der Waals surface area contributed by atoms with Crippen LogP contribution in [0.1, 0.15) is 59.9 Å². The molecule has 1 aliphatic carbocycles. The molecule has 2 fully saturated rings. The lowest BCUT2D eigenvalue weighted by molar-refractivity contribution is -0.128. The van der Waals surface area contributed by atoms with Crippen LogP contribution in [0, 0.1) is 17.7 Å². The number of aliphatic hydroxyl groups excluding tert-OH is 1. The normalized spacial score (nSPS) is 20.2. The SMILES string of the molecule is C=CC(=O)N1C[C@@H](n2nc(C#Cc3cc4ncn(C5CC5)c4cc3F)c(C(N)=O)c2N)C[C@@H]1[C@H](C)O. The van der Waals surface area contributed by atoms with E-state index in [0.717, 1.165) is 12.8 Å². The highest BCUT2D eigenvalue weighted by molar-refractivity contribution is 5.99. The van der Waals surface area contributed by atoms with Gasteiger partial charge in [-0.1, -0.05) is 12.5 Å². The molecular formula is C25H26FN7O3. The lowest BCUT2D eigenvalue weighted by atomic mass is 10.1. The molecule has 1 saturated carbocycles. The number of hydrogen-bond acceptors (Lipinski definition) is 6. The van der Waals surface area contributed by atoms with Gasteiger partial charge in [-0.05, 0) is 44.2 Å². The van der Waals surface area contributed by atoms with Crippen LogP contribution < -0.4 is 11.5 Å². The highest BCUT2D eigenvalue weighted by atomic mass is 19.1. The Balaban J connectivity index is 1.50. The van der Waals surface area contributed by atoms with Crippen LogP contribution in [0.2, 0.25) is 0 Å². The molecule has 2 amide bonds. The van der Waals surface area contributed by atoms with Crippen molar-refractivity contribution in [1.29, 1.82) is 0 Å². The minimum atomic E-state index is -0.828. The highest BCUT2D eigenvalue weighted by Crippen LogP contribution is 2.37. The van der Waals surface area contributed by atoms with Gasteiger partial charge in [-0.2, -0.15) is 5.10 Å². The Morgan fingerprint density at radius 3 is 2.69 bits per heavy atom. The number of hydrogen-bond donors (Lipinski definition) is 3. The predicted octanol–water partition coefficient (Wildman–Crippen LogP) is 1.50. The van der Waals surface area contributed by atoms with Crippen molar-refractivity contribution in [3.8, 4) is 11.8 Å². The van der Waals surface area contributed by atoms with Crippen molar-refractivity contribution in [2.75, 3.05) is 12.3 Å². The second kappa shape index (κ2) is 8.80. The van der Waals surface area contributed by atoms with E-state index >= 15 is 0 Å². The van der Waals surface area contributed by atoms with E-state index in [1.165, 1.54) is 21.7 Å². The van der Waals surface area contributed by atoms with Gasteiger partial charge < -0.3 is 26.0 Å². The average Bonchev–Trinajstić information content (AvgIpc) is 3.30. The molecule has 1 aliphatic heterocycles. The van der Waals surface area contributed by atoms with E-state index in [4.69, 9.17) is 11.5 Å². The molecule has 2 aliphatic rings. The van der Waals surface area contributed by atoms with Gasteiger partial charge in [0, 0.05) is 18.7 Å². The number of fused-ring (bicyclic) bond motifs is 1. The lowest BCUT2D eigenvalue weighted by Crippen LogP contribution is -2.40. The Kier molecular flexibility index (Phi) is 5.76. The van der Waals surface area contributed by atoms with Crippen molar-refractivity contribution in [3.63, 3.8) is 0 Å². The fraction of sp³-hybridized carbons (Fsp3) is 0.360. The van der Waals surface area contributed by atoms with Crippen molar-refractivity contribution in [1.82, 2.24) is 24.2 Å². The minimum absolute atomic E-state index is 0.00472. The molecule has 10 nitrogen and oxygen atoms in total. The van der Waals surface area contributed by atoms with Crippen LogP contribution in [0.3, 0.4) is 0 Å². The van der Waals surface area contributed by atoms with E-state index in [1.54, 1.807) is 19.3 Å². The second-order valence-electron chi connectivity index (χ2n) is 9.26. The van der Waals surface area contributed by atoms with Crippen LogP contribution in [-0.2, 0) is 4.79 Å². The molecular weight excluding hydrogens is 465 g/mol. The fourth-order valence-electron chi connectivity index (χ4n) is 4.82. The summed E-state index contributed by atoms with van der Waals surface area (Å²) in [6, 6.07) is 2.42. The maximum atomic E-state index is 14.9. The number of nitrogens with zero attached hydrogens (tertiary/aromatic N) is 5. The third kappa shape index (κ3) is 3.99. The summed E-state index contributed by atoms with van der Waals surface area (Å²) in [5, 5.41) is 14.6. The number of anilines is 1. The number of imidazole rings is 1. The first-order chi connectivity index (χ1) is 17.2. The molecule has 11 heteroatoms. The standard InChI is InChI=1S/C25H26FN7O3/c1-3-22(35)31-11-16(9-20(31)13(2)34)33-24(27)23(25(28)36)18(30-33)7-4-14-8-19-21(10-17(14)26)32(12-29-19)15-5-6-15/h3,8,10,12-13,15-16,20,34H,1,5-6,9,11,27H2,2H3,(H2,28,36)/t13-,16-,20+/m0/s1. The molecule has 5 N–H and O–H groups in total. The molecule has 3 heterocycles. The number of nitrogens with two attached hydrogens (primary N) is 2. The molecule has 186 valence electrons. The molecule has 0 spiro atoms. The Hall–Kier alpha value is -4.17. The van der Waals surface area contributed by atoms with E-state index in [0.29, 0.717) is 23.5 Å². The molecule has 1 saturated heterocycles. The number of amides is 2. The van der Waals surface area contributed by atoms with Crippen molar-refractivity contribution >= 4 is 28.7 Å². The van der Waals surface area contributed by atoms with Gasteiger partial charge in [0.2, 0.25) is 5.91 Å². The van der Waals surface area contributed by atoms with Gasteiger partial charge in [-0.15, -0.1) is 0 Å². The van der Waals surface area contributed by atoms with Crippen molar-refractivity contribution in [2.45, 2.75) is 50.4 Å². The van der Waals surface area contributed by atoms with Crippen LogP contribution in [0.15, 0.2) is 31.1 Å². The fourth-order valence-corrected chi connectivity index (χ4v) is 4.82. The second-order valence-corrected chi connectivity index (χ2v) is 9.26. The first-order valence-electron chi connectivity index (χ1n) is 11.7. The molecule has 2 aromatic heterocycles. The zero-order valence-electron chi connectivity index (χ0n) is 19.7. The maximum Gasteiger partial charge on any atom is 0.255 e. The van der Waals surface area contributed by atoms with Gasteiger partial charge in [0.25, 0.3) is 5.91 Å². The maximum absolute atomic E-state index is 14.9. The largest absolute Gasteiger partial charge is 0.391 e. The van der Waals surface area contributed by atoms with Crippen molar-refractivity contribution in [3.05, 3.63) is 53.8 Å². The Bertz CT molecular complexity index is 1460. The molecule has 3 atom stereocenters. The number of primary amides is 1. The van der Waals surface area contributed by atoms with Gasteiger partial charge in [-0.3, -0.25) is 9.59 Å². The van der Waals surface area contributed by atoms with Gasteiger partial charge in [-0.25, -0.2) is 14.1 Å². The molecule has 0 bridgehead atoms. The van der Waals surface area contributed by atoms with E-state index in [1.807, 2.05) is 4.57 Å². The number of nitrogen functional groups attached to an aromatic ring is 1. The van der Waals surface area contributed by atoms with Gasteiger partial charge >= 0.3 is 0 Å². The van der Waals surface area contributed by atoms with Crippen molar-refractivity contribution in [2.24, 2.45) is 5.73 Å². The zero-order chi connectivity index (χ0) is 25.7. The van der Waals surface area contributed by atoms with Crippen LogP contribution >= 0.6 is 0 Å². The van der Waals surface area contributed by atoms with Gasteiger partial charge in [0.05, 0.1) is 41.1 Å². The van der Waals surface area contributed by atoms with Gasteiger partial charge in [0.15, 0.2) is 5.69 Å². The van der Waals surface area contributed by atoms with E-state index in [2.05, 4.69) is 28.5 Å². The number of aromatic nitrogens is 4. The van der Waals surface area contributed by atoms with Crippen LogP contribution in [0.5, 0.6) is 0 Å². The molecule has 36 heavy (non-hydrogen) atoms. The average molecular weight is 492 g/mol. The number of benzene rings is 1. The molecule has 0 radical (unpaired) electrons. The first-order valence-corrected chi connectivity index (χ1v) is 11.7. The number of carbonyl (C=O) groups excluding carboxylic acids is 2. The number of halogens is 1. The van der Waals surface area contributed by atoms with Crippen LogP contribution in [0.4, 0.5) is 10.2 Å². The highest BCUT2D eigenvalue weighted by Gasteiger charge is 2.39. The van der Waals surface area contributed by atoms with Crippen LogP contribution in [0.25, 0.3) is 11.0 Å². The summed E-state index contributed by atoms with van der Waals surface area (Å²) in [4.78, 5) is 30.3. The Morgan fingerprint density at radius 2 is 2.06 bits per heavy atom. The summed E-state index contributed by atoms with van der Waals surface area (Å²) in [7, 11) is 0. The zero-order valence-corrected chi connectivity index (χ0v) is 19.7. The quantitative estimate of drug-likeness (QED) is 0.364. The molecule has 0 unspecified atom stereocenters. The minimum Gasteiger partial charge on any atom is -0.391 e. The number of likely N-dealkylation sites (tertiary alicyclic amines) is 1. The molecule has 3 aromatic rings. The summed E-state index contributed by atoms with van der Waals surface area (Å²) in [6.07, 6.45) is 4.53. The third-order valence-corrected chi connectivity index (χ3v) is 6.80. The monoisotopic (exact) mass is 491 g/mol. The van der Waals surface area contributed by atoms with E-state index in [9.17, 15) is 19.1 Å².